The Kier molecular flexibility index (Phi) is 5.38. The first-order valence-electron chi connectivity index (χ1n) is 8.03. The van der Waals surface area contributed by atoms with Gasteiger partial charge >= 0.3 is 6.18 Å². The van der Waals surface area contributed by atoms with E-state index in [1.54, 1.807) is 0 Å². The highest BCUT2D eigenvalue weighted by atomic mass is 19.4. The van der Waals surface area contributed by atoms with Crippen LogP contribution in [0, 0.1) is 23.3 Å². The number of halogens is 7. The molecule has 4 N–H and O–H groups in total. The standard InChI is InChI=1S/C19H11F7N2O2/c20-10-3-5-12(15(22)17(10)27)29-8-1-2-9(19(24,25)26)14(7-8)30-13-6-4-11(21)18(28)16(13)23/h1-7H,27-28H2. The maximum absolute atomic E-state index is 14.1. The van der Waals surface area contributed by atoms with Gasteiger partial charge in [-0.3, -0.25) is 0 Å². The SMILES string of the molecule is Nc1c(F)ccc(Oc2ccc(C(F)(F)F)c(Oc3ccc(F)c(N)c3F)c2)c1F. The number of rotatable bonds is 4. The van der Waals surface area contributed by atoms with Gasteiger partial charge in [-0.05, 0) is 36.4 Å². The van der Waals surface area contributed by atoms with Gasteiger partial charge in [-0.1, -0.05) is 0 Å². The van der Waals surface area contributed by atoms with E-state index in [9.17, 15) is 30.7 Å². The van der Waals surface area contributed by atoms with E-state index >= 15 is 0 Å². The molecule has 0 saturated heterocycles. The molecule has 0 unspecified atom stereocenters. The third-order valence-electron chi connectivity index (χ3n) is 3.89. The van der Waals surface area contributed by atoms with E-state index in [1.165, 1.54) is 0 Å². The van der Waals surface area contributed by atoms with E-state index in [2.05, 4.69) is 0 Å². The number of benzene rings is 3. The zero-order valence-corrected chi connectivity index (χ0v) is 14.7. The summed E-state index contributed by atoms with van der Waals surface area (Å²) in [5.41, 5.74) is 7.26. The van der Waals surface area contributed by atoms with Crippen LogP contribution in [-0.4, -0.2) is 0 Å². The van der Waals surface area contributed by atoms with Crippen LogP contribution >= 0.6 is 0 Å². The average Bonchev–Trinajstić information content (AvgIpc) is 2.68. The van der Waals surface area contributed by atoms with Crippen molar-refractivity contribution in [3.63, 3.8) is 0 Å². The fraction of sp³-hybridized carbons (Fsp3) is 0.0526. The van der Waals surface area contributed by atoms with E-state index in [4.69, 9.17) is 20.9 Å². The number of nitrogen functional groups attached to an aromatic ring is 2. The molecule has 3 aromatic carbocycles. The molecule has 3 rings (SSSR count). The van der Waals surface area contributed by atoms with Crippen molar-refractivity contribution in [1.29, 1.82) is 0 Å². The quantitative estimate of drug-likeness (QED) is 0.391. The fourth-order valence-corrected chi connectivity index (χ4v) is 2.39. The minimum atomic E-state index is -4.92. The van der Waals surface area contributed by atoms with Crippen molar-refractivity contribution in [2.75, 3.05) is 11.5 Å². The fourth-order valence-electron chi connectivity index (χ4n) is 2.39. The van der Waals surface area contributed by atoms with Gasteiger partial charge in [-0.15, -0.1) is 0 Å². The van der Waals surface area contributed by atoms with Gasteiger partial charge in [0.2, 0.25) is 0 Å². The molecule has 0 saturated carbocycles. The van der Waals surface area contributed by atoms with Gasteiger partial charge in [0, 0.05) is 6.07 Å². The molecule has 0 spiro atoms. The van der Waals surface area contributed by atoms with Crippen LogP contribution in [0.1, 0.15) is 5.56 Å². The molecule has 0 amide bonds. The van der Waals surface area contributed by atoms with Crippen LogP contribution in [0.3, 0.4) is 0 Å². The molecule has 0 atom stereocenters. The topological polar surface area (TPSA) is 70.5 Å². The summed E-state index contributed by atoms with van der Waals surface area (Å²) < 4.78 is 105. The number of alkyl halides is 3. The Morgan fingerprint density at radius 3 is 1.63 bits per heavy atom. The summed E-state index contributed by atoms with van der Waals surface area (Å²) in [7, 11) is 0. The largest absolute Gasteiger partial charge is 0.454 e. The molecule has 11 heteroatoms. The molecule has 0 aliphatic heterocycles. The van der Waals surface area contributed by atoms with Crippen LogP contribution in [-0.2, 0) is 6.18 Å². The van der Waals surface area contributed by atoms with Gasteiger partial charge in [-0.2, -0.15) is 13.2 Å². The van der Waals surface area contributed by atoms with Gasteiger partial charge in [0.1, 0.15) is 34.5 Å². The van der Waals surface area contributed by atoms with Crippen LogP contribution in [0.15, 0.2) is 42.5 Å². The van der Waals surface area contributed by atoms with E-state index in [0.29, 0.717) is 18.2 Å². The Morgan fingerprint density at radius 1 is 0.633 bits per heavy atom. The highest BCUT2D eigenvalue weighted by Gasteiger charge is 2.35. The Balaban J connectivity index is 2.03. The first-order valence-corrected chi connectivity index (χ1v) is 8.03. The lowest BCUT2D eigenvalue weighted by atomic mass is 10.1. The van der Waals surface area contributed by atoms with Crippen molar-refractivity contribution < 1.29 is 40.2 Å². The molecular formula is C19H11F7N2O2. The van der Waals surface area contributed by atoms with Gasteiger partial charge in [0.25, 0.3) is 0 Å². The van der Waals surface area contributed by atoms with Crippen molar-refractivity contribution in [3.05, 3.63) is 71.3 Å². The summed E-state index contributed by atoms with van der Waals surface area (Å²) in [6.07, 6.45) is -4.92. The summed E-state index contributed by atoms with van der Waals surface area (Å²) in [6.45, 7) is 0. The minimum Gasteiger partial charge on any atom is -0.454 e. The number of anilines is 2. The molecule has 158 valence electrons. The first-order chi connectivity index (χ1) is 14.0. The van der Waals surface area contributed by atoms with Crippen molar-refractivity contribution in [2.45, 2.75) is 6.18 Å². The monoisotopic (exact) mass is 432 g/mol. The third kappa shape index (κ3) is 4.04. The highest BCUT2D eigenvalue weighted by molar-refractivity contribution is 5.52. The summed E-state index contributed by atoms with van der Waals surface area (Å²) in [5, 5.41) is 0. The van der Waals surface area contributed by atoms with Crippen molar-refractivity contribution in [2.24, 2.45) is 0 Å². The first kappa shape index (κ1) is 21.1. The van der Waals surface area contributed by atoms with Crippen LogP contribution in [0.4, 0.5) is 42.1 Å². The second kappa shape index (κ2) is 7.65. The molecule has 3 aromatic rings. The maximum atomic E-state index is 14.1. The zero-order valence-electron chi connectivity index (χ0n) is 14.7. The minimum absolute atomic E-state index is 0.363. The predicted molar refractivity (Wildman–Crippen MR) is 93.1 cm³/mol. The molecular weight excluding hydrogens is 421 g/mol. The second-order valence-electron chi connectivity index (χ2n) is 5.91. The van der Waals surface area contributed by atoms with E-state index in [1.807, 2.05) is 0 Å². The van der Waals surface area contributed by atoms with Gasteiger partial charge in [0.15, 0.2) is 23.1 Å². The van der Waals surface area contributed by atoms with Crippen LogP contribution < -0.4 is 20.9 Å². The summed E-state index contributed by atoms with van der Waals surface area (Å²) in [6, 6.07) is 5.20. The molecule has 4 nitrogen and oxygen atoms in total. The Bertz CT molecular complexity index is 1120. The zero-order chi connectivity index (χ0) is 22.2. The van der Waals surface area contributed by atoms with Gasteiger partial charge in [-0.25, -0.2) is 17.6 Å². The lowest BCUT2D eigenvalue weighted by molar-refractivity contribution is -0.138. The van der Waals surface area contributed by atoms with Gasteiger partial charge in [0.05, 0.1) is 5.56 Å². The van der Waals surface area contributed by atoms with Crippen molar-refractivity contribution in [1.82, 2.24) is 0 Å². The highest BCUT2D eigenvalue weighted by Crippen LogP contribution is 2.42. The van der Waals surface area contributed by atoms with Crippen molar-refractivity contribution in [3.8, 4) is 23.0 Å². The lowest BCUT2D eigenvalue weighted by Crippen LogP contribution is -2.08. The Morgan fingerprint density at radius 2 is 1.13 bits per heavy atom. The number of ether oxygens (including phenoxy) is 2. The average molecular weight is 432 g/mol. The van der Waals surface area contributed by atoms with E-state index in [0.717, 1.165) is 24.3 Å². The lowest BCUT2D eigenvalue weighted by Gasteiger charge is -2.16. The molecule has 0 bridgehead atoms. The number of hydrogen-bond donors (Lipinski definition) is 2. The van der Waals surface area contributed by atoms with Crippen LogP contribution in [0.25, 0.3) is 0 Å². The van der Waals surface area contributed by atoms with E-state index in [-0.39, 0.29) is 5.75 Å². The van der Waals surface area contributed by atoms with E-state index < -0.39 is 63.6 Å². The normalized spacial score (nSPS) is 11.4. The molecule has 0 aliphatic rings. The van der Waals surface area contributed by atoms with Gasteiger partial charge < -0.3 is 20.9 Å². The summed E-state index contributed by atoms with van der Waals surface area (Å²) in [4.78, 5) is 0. The second-order valence-corrected chi connectivity index (χ2v) is 5.91. The predicted octanol–water partition coefficient (Wildman–Crippen LogP) is 6.01. The molecule has 0 fully saturated rings. The van der Waals surface area contributed by atoms with Crippen LogP contribution in [0.5, 0.6) is 23.0 Å². The smallest absolute Gasteiger partial charge is 0.419 e. The van der Waals surface area contributed by atoms with Crippen molar-refractivity contribution >= 4 is 11.4 Å². The maximum Gasteiger partial charge on any atom is 0.419 e. The molecule has 0 heterocycles. The summed E-state index contributed by atoms with van der Waals surface area (Å²) >= 11 is 0. The number of nitrogens with two attached hydrogens (primary N) is 2. The number of hydrogen-bond acceptors (Lipinski definition) is 4. The van der Waals surface area contributed by atoms with Crippen LogP contribution in [0.2, 0.25) is 0 Å². The molecule has 0 aliphatic carbocycles. The Hall–Kier alpha value is -3.63. The third-order valence-corrected chi connectivity index (χ3v) is 3.89. The molecule has 30 heavy (non-hydrogen) atoms. The summed E-state index contributed by atoms with van der Waals surface area (Å²) in [5.74, 6) is -7.51. The Labute approximate surface area is 164 Å². The molecule has 0 aromatic heterocycles. The molecule has 0 radical (unpaired) electrons.